The molecule has 0 fully saturated rings. The molecule has 0 aliphatic carbocycles. The SMILES string of the molecule is CCC(Oc1cccc(C(F)(F)F)c1Cl)C1=NCCN1. The summed E-state index contributed by atoms with van der Waals surface area (Å²) in [6, 6.07) is 3.64. The Morgan fingerprint density at radius 1 is 1.45 bits per heavy atom. The number of aliphatic imine (C=N–C) groups is 1. The normalized spacial score (nSPS) is 16.6. The van der Waals surface area contributed by atoms with Gasteiger partial charge >= 0.3 is 6.18 Å². The number of hydrogen-bond acceptors (Lipinski definition) is 3. The standard InChI is InChI=1S/C13H14ClF3N2O/c1-2-9(12-18-6-7-19-12)20-10-5-3-4-8(11(10)14)13(15,16)17/h3-5,9H,2,6-7H2,1H3,(H,18,19). The highest BCUT2D eigenvalue weighted by molar-refractivity contribution is 6.32. The molecule has 1 unspecified atom stereocenters. The summed E-state index contributed by atoms with van der Waals surface area (Å²) in [6.45, 7) is 3.23. The highest BCUT2D eigenvalue weighted by atomic mass is 35.5. The Balaban J connectivity index is 2.25. The molecule has 7 heteroatoms. The Kier molecular flexibility index (Phi) is 4.42. The molecule has 0 radical (unpaired) electrons. The number of nitrogens with zero attached hydrogens (tertiary/aromatic N) is 1. The molecule has 1 aliphatic heterocycles. The first-order valence-electron chi connectivity index (χ1n) is 6.24. The molecule has 0 spiro atoms. The number of ether oxygens (including phenoxy) is 1. The molecule has 1 aromatic rings. The van der Waals surface area contributed by atoms with Crippen LogP contribution >= 0.6 is 11.6 Å². The van der Waals surface area contributed by atoms with E-state index in [0.29, 0.717) is 25.3 Å². The highest BCUT2D eigenvalue weighted by Gasteiger charge is 2.34. The van der Waals surface area contributed by atoms with Gasteiger partial charge in [-0.15, -0.1) is 0 Å². The summed E-state index contributed by atoms with van der Waals surface area (Å²) in [5.74, 6) is 0.672. The Morgan fingerprint density at radius 3 is 2.75 bits per heavy atom. The molecule has 20 heavy (non-hydrogen) atoms. The van der Waals surface area contributed by atoms with Crippen LogP contribution in [0, 0.1) is 0 Å². The molecule has 1 heterocycles. The van der Waals surface area contributed by atoms with Gasteiger partial charge in [-0.25, -0.2) is 0 Å². The van der Waals surface area contributed by atoms with Gasteiger partial charge in [0.2, 0.25) is 0 Å². The largest absolute Gasteiger partial charge is 0.481 e. The van der Waals surface area contributed by atoms with Gasteiger partial charge in [0, 0.05) is 6.54 Å². The van der Waals surface area contributed by atoms with Crippen LogP contribution in [0.3, 0.4) is 0 Å². The van der Waals surface area contributed by atoms with Gasteiger partial charge < -0.3 is 10.1 Å². The zero-order valence-corrected chi connectivity index (χ0v) is 11.6. The number of hydrogen-bond donors (Lipinski definition) is 1. The lowest BCUT2D eigenvalue weighted by atomic mass is 10.2. The number of alkyl halides is 3. The minimum Gasteiger partial charge on any atom is -0.481 e. The van der Waals surface area contributed by atoms with Crippen molar-refractivity contribution in [1.82, 2.24) is 5.32 Å². The van der Waals surface area contributed by atoms with E-state index < -0.39 is 22.9 Å². The maximum atomic E-state index is 12.8. The van der Waals surface area contributed by atoms with E-state index in [1.165, 1.54) is 12.1 Å². The van der Waals surface area contributed by atoms with Crippen molar-refractivity contribution < 1.29 is 17.9 Å². The second kappa shape index (κ2) is 5.91. The summed E-state index contributed by atoms with van der Waals surface area (Å²) in [4.78, 5) is 4.22. The van der Waals surface area contributed by atoms with Crippen molar-refractivity contribution in [2.45, 2.75) is 25.6 Å². The zero-order chi connectivity index (χ0) is 14.8. The smallest absolute Gasteiger partial charge is 0.417 e. The Hall–Kier alpha value is -1.43. The monoisotopic (exact) mass is 306 g/mol. The second-order valence-electron chi connectivity index (χ2n) is 4.32. The van der Waals surface area contributed by atoms with Gasteiger partial charge in [0.05, 0.1) is 17.1 Å². The van der Waals surface area contributed by atoms with Gasteiger partial charge in [-0.05, 0) is 18.6 Å². The van der Waals surface area contributed by atoms with Crippen LogP contribution in [-0.2, 0) is 6.18 Å². The first-order valence-corrected chi connectivity index (χ1v) is 6.62. The lowest BCUT2D eigenvalue weighted by Gasteiger charge is -2.20. The molecule has 110 valence electrons. The van der Waals surface area contributed by atoms with Crippen molar-refractivity contribution in [3.8, 4) is 5.75 Å². The van der Waals surface area contributed by atoms with E-state index in [9.17, 15) is 13.2 Å². The maximum absolute atomic E-state index is 12.8. The van der Waals surface area contributed by atoms with Crippen LogP contribution in [0.1, 0.15) is 18.9 Å². The number of halogens is 4. The van der Waals surface area contributed by atoms with Crippen molar-refractivity contribution in [3.63, 3.8) is 0 Å². The fourth-order valence-corrected chi connectivity index (χ4v) is 2.22. The first-order chi connectivity index (χ1) is 9.43. The summed E-state index contributed by atoms with van der Waals surface area (Å²) in [5.41, 5.74) is -0.896. The van der Waals surface area contributed by atoms with Crippen LogP contribution in [0.15, 0.2) is 23.2 Å². The van der Waals surface area contributed by atoms with Crippen molar-refractivity contribution in [1.29, 1.82) is 0 Å². The molecule has 1 aromatic carbocycles. The Labute approximate surface area is 119 Å². The molecule has 0 saturated carbocycles. The molecular formula is C13H14ClF3N2O. The average molecular weight is 307 g/mol. The van der Waals surface area contributed by atoms with E-state index in [-0.39, 0.29) is 5.75 Å². The minimum absolute atomic E-state index is 0.0183. The molecule has 1 aliphatic rings. The fraction of sp³-hybridized carbons (Fsp3) is 0.462. The fourth-order valence-electron chi connectivity index (χ4n) is 1.94. The van der Waals surface area contributed by atoms with E-state index in [1.807, 2.05) is 6.92 Å². The van der Waals surface area contributed by atoms with Crippen molar-refractivity contribution in [3.05, 3.63) is 28.8 Å². The van der Waals surface area contributed by atoms with Crippen molar-refractivity contribution >= 4 is 17.4 Å². The van der Waals surface area contributed by atoms with E-state index in [4.69, 9.17) is 16.3 Å². The average Bonchev–Trinajstić information content (AvgIpc) is 2.90. The van der Waals surface area contributed by atoms with Gasteiger partial charge in [0.1, 0.15) is 11.6 Å². The van der Waals surface area contributed by atoms with Crippen molar-refractivity contribution in [2.24, 2.45) is 4.99 Å². The predicted octanol–water partition coefficient (Wildman–Crippen LogP) is 3.52. The molecule has 1 atom stereocenters. The predicted molar refractivity (Wildman–Crippen MR) is 71.5 cm³/mol. The lowest BCUT2D eigenvalue weighted by molar-refractivity contribution is -0.137. The van der Waals surface area contributed by atoms with Crippen LogP contribution in [0.2, 0.25) is 5.02 Å². The number of nitrogens with one attached hydrogen (secondary N) is 1. The van der Waals surface area contributed by atoms with Gasteiger partial charge in [-0.2, -0.15) is 13.2 Å². The summed E-state index contributed by atoms with van der Waals surface area (Å²) in [6.07, 6.45) is -4.34. The van der Waals surface area contributed by atoms with Gasteiger partial charge in [-0.1, -0.05) is 24.6 Å². The molecule has 0 amide bonds. The molecule has 0 saturated heterocycles. The number of rotatable bonds is 4. The highest BCUT2D eigenvalue weighted by Crippen LogP contribution is 2.39. The van der Waals surface area contributed by atoms with Crippen LogP contribution in [0.25, 0.3) is 0 Å². The Bertz CT molecular complexity index is 517. The number of benzene rings is 1. The summed E-state index contributed by atoms with van der Waals surface area (Å²) >= 11 is 5.80. The Morgan fingerprint density at radius 2 is 2.20 bits per heavy atom. The van der Waals surface area contributed by atoms with E-state index in [0.717, 1.165) is 6.07 Å². The van der Waals surface area contributed by atoms with Crippen LogP contribution in [-0.4, -0.2) is 25.0 Å². The molecule has 3 nitrogen and oxygen atoms in total. The van der Waals surface area contributed by atoms with Gasteiger partial charge in [-0.3, -0.25) is 4.99 Å². The third-order valence-electron chi connectivity index (χ3n) is 2.91. The summed E-state index contributed by atoms with van der Waals surface area (Å²) < 4.78 is 43.9. The topological polar surface area (TPSA) is 33.6 Å². The second-order valence-corrected chi connectivity index (χ2v) is 4.70. The molecule has 1 N–H and O–H groups in total. The zero-order valence-electron chi connectivity index (χ0n) is 10.8. The summed E-state index contributed by atoms with van der Waals surface area (Å²) in [7, 11) is 0. The molecule has 2 rings (SSSR count). The summed E-state index contributed by atoms with van der Waals surface area (Å²) in [5, 5.41) is 2.63. The number of amidine groups is 1. The molecule has 0 aromatic heterocycles. The van der Waals surface area contributed by atoms with E-state index in [2.05, 4.69) is 10.3 Å². The van der Waals surface area contributed by atoms with Crippen molar-refractivity contribution in [2.75, 3.05) is 13.1 Å². The maximum Gasteiger partial charge on any atom is 0.417 e. The third kappa shape index (κ3) is 3.17. The minimum atomic E-state index is -4.50. The van der Waals surface area contributed by atoms with E-state index in [1.54, 1.807) is 0 Å². The quantitative estimate of drug-likeness (QED) is 0.923. The van der Waals surface area contributed by atoms with E-state index >= 15 is 0 Å². The first kappa shape index (κ1) is 15.0. The van der Waals surface area contributed by atoms with Crippen LogP contribution in [0.5, 0.6) is 5.75 Å². The van der Waals surface area contributed by atoms with Gasteiger partial charge in [0.25, 0.3) is 0 Å². The lowest BCUT2D eigenvalue weighted by Crippen LogP contribution is -2.35. The van der Waals surface area contributed by atoms with Crippen LogP contribution in [0.4, 0.5) is 13.2 Å². The van der Waals surface area contributed by atoms with Crippen LogP contribution < -0.4 is 10.1 Å². The van der Waals surface area contributed by atoms with Gasteiger partial charge in [0.15, 0.2) is 6.10 Å². The third-order valence-corrected chi connectivity index (χ3v) is 3.30. The molecular weight excluding hydrogens is 293 g/mol. The molecule has 0 bridgehead atoms.